The molecule has 0 amide bonds. The molecule has 0 aromatic heterocycles. The third kappa shape index (κ3) is 9.18. The minimum absolute atomic E-state index is 0. The maximum absolute atomic E-state index is 12.4. The molecule has 0 spiro atoms. The van der Waals surface area contributed by atoms with Gasteiger partial charge in [-0.05, 0) is 38.4 Å². The molecule has 0 heterocycles. The number of rotatable bonds is 4. The second-order valence-corrected chi connectivity index (χ2v) is 4.18. The van der Waals surface area contributed by atoms with E-state index in [0.29, 0.717) is 12.0 Å². The van der Waals surface area contributed by atoms with E-state index in [-0.39, 0.29) is 25.1 Å². The van der Waals surface area contributed by atoms with Gasteiger partial charge in [0.25, 0.3) is 0 Å². The van der Waals surface area contributed by atoms with Crippen molar-refractivity contribution in [2.45, 2.75) is 39.4 Å². The lowest BCUT2D eigenvalue weighted by Crippen LogP contribution is -2.27. The first-order valence-electron chi connectivity index (χ1n) is 6.35. The summed E-state index contributed by atoms with van der Waals surface area (Å²) in [5.74, 6) is 0. The van der Waals surface area contributed by atoms with E-state index in [2.05, 4.69) is 5.32 Å². The molecule has 2 N–H and O–H groups in total. The summed E-state index contributed by atoms with van der Waals surface area (Å²) in [5, 5.41) is 10.7. The van der Waals surface area contributed by atoms with Crippen LogP contribution in [0.25, 0.3) is 0 Å². The number of nitrogens with one attached hydrogen (secondary N) is 1. The highest BCUT2D eigenvalue weighted by molar-refractivity contribution is 5.85. The van der Waals surface area contributed by atoms with Crippen LogP contribution in [0.15, 0.2) is 24.3 Å². The number of likely N-dealkylation sites (N-methyl/N-ethyl adjacent to an activating group) is 1. The highest BCUT2D eigenvalue weighted by Crippen LogP contribution is 2.29. The number of benzene rings is 1. The summed E-state index contributed by atoms with van der Waals surface area (Å²) in [6.07, 6.45) is -3.64. The molecule has 0 aliphatic carbocycles. The van der Waals surface area contributed by atoms with Gasteiger partial charge in [0.15, 0.2) is 0 Å². The molecule has 1 unspecified atom stereocenters. The first-order valence-corrected chi connectivity index (χ1v) is 6.35. The molecule has 0 radical (unpaired) electrons. The lowest BCUT2D eigenvalue weighted by Gasteiger charge is -2.13. The monoisotopic (exact) mass is 313 g/mol. The maximum Gasteiger partial charge on any atom is 0.416 e. The zero-order valence-electron chi connectivity index (χ0n) is 12.0. The van der Waals surface area contributed by atoms with Gasteiger partial charge in [0.1, 0.15) is 0 Å². The molecule has 1 rings (SSSR count). The third-order valence-electron chi connectivity index (χ3n) is 2.35. The number of hydrogen-bond donors (Lipinski definition) is 2. The van der Waals surface area contributed by atoms with Crippen LogP contribution < -0.4 is 5.32 Å². The van der Waals surface area contributed by atoms with Gasteiger partial charge in [0.05, 0.1) is 5.56 Å². The fourth-order valence-electron chi connectivity index (χ4n) is 1.65. The van der Waals surface area contributed by atoms with Gasteiger partial charge in [-0.3, -0.25) is 0 Å². The first-order chi connectivity index (χ1) is 8.85. The number of hydrogen-bond acceptors (Lipinski definition) is 2. The van der Waals surface area contributed by atoms with Crippen LogP contribution in [0.1, 0.15) is 31.9 Å². The highest BCUT2D eigenvalue weighted by atomic mass is 35.5. The summed E-state index contributed by atoms with van der Waals surface area (Å²) >= 11 is 0. The van der Waals surface area contributed by atoms with E-state index in [4.69, 9.17) is 5.11 Å². The van der Waals surface area contributed by atoms with Crippen molar-refractivity contribution in [1.29, 1.82) is 0 Å². The Labute approximate surface area is 124 Å². The van der Waals surface area contributed by atoms with E-state index in [1.165, 1.54) is 12.1 Å². The largest absolute Gasteiger partial charge is 0.416 e. The fourth-order valence-corrected chi connectivity index (χ4v) is 1.65. The Hall–Kier alpha value is -0.780. The van der Waals surface area contributed by atoms with Crippen LogP contribution in [0.2, 0.25) is 0 Å². The van der Waals surface area contributed by atoms with Crippen LogP contribution in [0.4, 0.5) is 13.2 Å². The van der Waals surface area contributed by atoms with Gasteiger partial charge < -0.3 is 10.4 Å². The van der Waals surface area contributed by atoms with Crippen molar-refractivity contribution in [3.63, 3.8) is 0 Å². The lowest BCUT2D eigenvalue weighted by molar-refractivity contribution is -0.137. The minimum Gasteiger partial charge on any atom is -0.397 e. The molecule has 118 valence electrons. The molecule has 2 nitrogen and oxygen atoms in total. The Bertz CT molecular complexity index is 359. The zero-order valence-corrected chi connectivity index (χ0v) is 12.8. The summed E-state index contributed by atoms with van der Waals surface area (Å²) in [7, 11) is 0. The Morgan fingerprint density at radius 1 is 1.25 bits per heavy atom. The van der Waals surface area contributed by atoms with Gasteiger partial charge in [-0.15, -0.1) is 12.4 Å². The van der Waals surface area contributed by atoms with Gasteiger partial charge in [-0.25, -0.2) is 0 Å². The van der Waals surface area contributed by atoms with Crippen molar-refractivity contribution < 1.29 is 18.3 Å². The van der Waals surface area contributed by atoms with Gasteiger partial charge >= 0.3 is 6.18 Å². The van der Waals surface area contributed by atoms with E-state index in [1.807, 2.05) is 13.8 Å². The van der Waals surface area contributed by atoms with Crippen LogP contribution in [0.3, 0.4) is 0 Å². The second kappa shape index (κ2) is 10.9. The van der Waals surface area contributed by atoms with Crippen molar-refractivity contribution in [3.8, 4) is 0 Å². The van der Waals surface area contributed by atoms with Crippen LogP contribution in [0, 0.1) is 0 Å². The maximum atomic E-state index is 12.4. The third-order valence-corrected chi connectivity index (χ3v) is 2.35. The summed E-state index contributed by atoms with van der Waals surface area (Å²) < 4.78 is 37.3. The molecule has 1 aromatic rings. The van der Waals surface area contributed by atoms with Gasteiger partial charge in [-0.2, -0.15) is 13.2 Å². The molecular weight excluding hydrogens is 291 g/mol. The number of halogens is 4. The molecule has 0 saturated heterocycles. The Balaban J connectivity index is 0. The molecule has 20 heavy (non-hydrogen) atoms. The zero-order chi connectivity index (χ0) is 14.9. The van der Waals surface area contributed by atoms with Crippen molar-refractivity contribution >= 4 is 12.4 Å². The SMILES string of the molecule is CCNC(C)Cc1cccc(C(F)(F)F)c1.CCO.Cl. The average Bonchev–Trinajstić information content (AvgIpc) is 2.29. The number of alkyl halides is 3. The molecular formula is C14H23ClF3NO. The van der Waals surface area contributed by atoms with E-state index < -0.39 is 11.7 Å². The molecule has 0 aliphatic rings. The summed E-state index contributed by atoms with van der Waals surface area (Å²) in [4.78, 5) is 0. The van der Waals surface area contributed by atoms with Crippen molar-refractivity contribution in [2.75, 3.05) is 13.2 Å². The average molecular weight is 314 g/mol. The van der Waals surface area contributed by atoms with Gasteiger partial charge in [-0.1, -0.05) is 25.1 Å². The molecule has 0 aliphatic heterocycles. The Kier molecular flexibility index (Phi) is 11.8. The van der Waals surface area contributed by atoms with Gasteiger partial charge in [0.2, 0.25) is 0 Å². The highest BCUT2D eigenvalue weighted by Gasteiger charge is 2.30. The first kappa shape index (κ1) is 21.5. The van der Waals surface area contributed by atoms with Crippen LogP contribution >= 0.6 is 12.4 Å². The number of aliphatic hydroxyl groups is 1. The van der Waals surface area contributed by atoms with Crippen LogP contribution in [0.5, 0.6) is 0 Å². The molecule has 1 atom stereocenters. The topological polar surface area (TPSA) is 32.3 Å². The van der Waals surface area contributed by atoms with Crippen molar-refractivity contribution in [3.05, 3.63) is 35.4 Å². The van der Waals surface area contributed by atoms with E-state index in [9.17, 15) is 13.2 Å². The molecule has 0 saturated carbocycles. The Morgan fingerprint density at radius 3 is 2.25 bits per heavy atom. The fraction of sp³-hybridized carbons (Fsp3) is 0.571. The minimum atomic E-state index is -4.25. The summed E-state index contributed by atoms with van der Waals surface area (Å²) in [6.45, 7) is 6.69. The van der Waals surface area contributed by atoms with Crippen LogP contribution in [-0.4, -0.2) is 24.3 Å². The van der Waals surface area contributed by atoms with Gasteiger partial charge in [0, 0.05) is 12.6 Å². The predicted octanol–water partition coefficient (Wildman–Crippen LogP) is 3.67. The smallest absolute Gasteiger partial charge is 0.397 e. The summed E-state index contributed by atoms with van der Waals surface area (Å²) in [5.41, 5.74) is 0.136. The second-order valence-electron chi connectivity index (χ2n) is 4.18. The van der Waals surface area contributed by atoms with E-state index in [1.54, 1.807) is 13.0 Å². The molecule has 0 fully saturated rings. The van der Waals surface area contributed by atoms with Crippen molar-refractivity contribution in [1.82, 2.24) is 5.32 Å². The lowest BCUT2D eigenvalue weighted by atomic mass is 10.0. The summed E-state index contributed by atoms with van der Waals surface area (Å²) in [6, 6.07) is 5.68. The van der Waals surface area contributed by atoms with Crippen molar-refractivity contribution in [2.24, 2.45) is 0 Å². The number of aliphatic hydroxyl groups excluding tert-OH is 1. The quantitative estimate of drug-likeness (QED) is 0.889. The predicted molar refractivity (Wildman–Crippen MR) is 78.3 cm³/mol. The molecule has 0 bridgehead atoms. The molecule has 6 heteroatoms. The van der Waals surface area contributed by atoms with Crippen LogP contribution in [-0.2, 0) is 12.6 Å². The normalized spacial score (nSPS) is 11.9. The van der Waals surface area contributed by atoms with E-state index in [0.717, 1.165) is 12.6 Å². The molecule has 1 aromatic carbocycles. The van der Waals surface area contributed by atoms with E-state index >= 15 is 0 Å². The Morgan fingerprint density at radius 2 is 1.80 bits per heavy atom. The standard InChI is InChI=1S/C12H16F3N.C2H6O.ClH/c1-3-16-9(2)7-10-5-4-6-11(8-10)12(13,14)15;1-2-3;/h4-6,8-9,16H,3,7H2,1-2H3;3H,2H2,1H3;1H.